The highest BCUT2D eigenvalue weighted by atomic mass is 32.1. The third-order valence-corrected chi connectivity index (χ3v) is 3.15. The van der Waals surface area contributed by atoms with Gasteiger partial charge in [-0.05, 0) is 47.9 Å². The van der Waals surface area contributed by atoms with E-state index in [4.69, 9.17) is 12.2 Å². The molecule has 2 aromatic rings. The van der Waals surface area contributed by atoms with E-state index in [9.17, 15) is 9.18 Å². The Morgan fingerprint density at radius 2 is 1.94 bits per heavy atom. The Morgan fingerprint density at radius 3 is 2.56 bits per heavy atom. The number of rotatable bonds is 2. The molecule has 0 spiro atoms. The quantitative estimate of drug-likeness (QED) is 0.831. The van der Waals surface area contributed by atoms with E-state index in [1.807, 2.05) is 5.38 Å². The van der Waals surface area contributed by atoms with Crippen LogP contribution >= 0.6 is 23.6 Å². The topological polar surface area (TPSA) is 41.1 Å². The van der Waals surface area contributed by atoms with Gasteiger partial charge in [0, 0.05) is 5.69 Å². The number of nitrogens with one attached hydrogen (secondary N) is 2. The smallest absolute Gasteiger partial charge is 0.267 e. The van der Waals surface area contributed by atoms with Crippen LogP contribution in [0.1, 0.15) is 9.67 Å². The van der Waals surface area contributed by atoms with Crippen molar-refractivity contribution in [3.8, 4) is 0 Å². The minimum atomic E-state index is -0.325. The van der Waals surface area contributed by atoms with Crippen LogP contribution in [0.15, 0.2) is 41.8 Å². The van der Waals surface area contributed by atoms with E-state index in [0.29, 0.717) is 10.6 Å². The Bertz CT molecular complexity index is 552. The molecule has 0 aliphatic carbocycles. The number of halogens is 1. The van der Waals surface area contributed by atoms with Crippen LogP contribution in [0.5, 0.6) is 0 Å². The summed E-state index contributed by atoms with van der Waals surface area (Å²) in [6.07, 6.45) is 0. The number of thiophene rings is 1. The van der Waals surface area contributed by atoms with Crippen LogP contribution in [-0.4, -0.2) is 11.0 Å². The van der Waals surface area contributed by atoms with Crippen LogP contribution in [0.3, 0.4) is 0 Å². The Kier molecular flexibility index (Phi) is 4.01. The number of hydrogen-bond acceptors (Lipinski definition) is 3. The summed E-state index contributed by atoms with van der Waals surface area (Å²) in [5.41, 5.74) is 0.618. The predicted octanol–water partition coefficient (Wildman–Crippen LogP) is 3.01. The lowest BCUT2D eigenvalue weighted by Gasteiger charge is -2.08. The molecule has 0 aliphatic rings. The molecular formula is C12H9FN2OS2. The maximum Gasteiger partial charge on any atom is 0.267 e. The van der Waals surface area contributed by atoms with Gasteiger partial charge in [0.25, 0.3) is 5.91 Å². The number of carbonyl (C=O) groups excluding carboxylic acids is 1. The summed E-state index contributed by atoms with van der Waals surface area (Å²) in [6, 6.07) is 9.20. The average Bonchev–Trinajstić information content (AvgIpc) is 2.85. The van der Waals surface area contributed by atoms with Gasteiger partial charge in [-0.3, -0.25) is 10.1 Å². The van der Waals surface area contributed by atoms with E-state index in [0.717, 1.165) is 0 Å². The maximum atomic E-state index is 12.7. The lowest BCUT2D eigenvalue weighted by atomic mass is 10.3. The molecule has 0 aliphatic heterocycles. The lowest BCUT2D eigenvalue weighted by molar-refractivity contribution is 0.0981. The third kappa shape index (κ3) is 3.35. The molecule has 0 radical (unpaired) electrons. The van der Waals surface area contributed by atoms with Crippen LogP contribution in [0.4, 0.5) is 10.1 Å². The molecule has 0 fully saturated rings. The number of carbonyl (C=O) groups is 1. The van der Waals surface area contributed by atoms with Crippen LogP contribution in [0, 0.1) is 5.82 Å². The fraction of sp³-hybridized carbons (Fsp3) is 0. The number of benzene rings is 1. The zero-order chi connectivity index (χ0) is 13.0. The van der Waals surface area contributed by atoms with E-state index < -0.39 is 0 Å². The van der Waals surface area contributed by atoms with Crippen LogP contribution in [-0.2, 0) is 0 Å². The van der Waals surface area contributed by atoms with E-state index in [1.165, 1.54) is 23.5 Å². The Labute approximate surface area is 113 Å². The normalized spacial score (nSPS) is 9.83. The van der Waals surface area contributed by atoms with E-state index in [-0.39, 0.29) is 16.8 Å². The Hall–Kier alpha value is -1.79. The van der Waals surface area contributed by atoms with Crippen molar-refractivity contribution in [2.45, 2.75) is 0 Å². The molecule has 0 bridgehead atoms. The van der Waals surface area contributed by atoms with Crippen molar-refractivity contribution in [1.29, 1.82) is 0 Å². The van der Waals surface area contributed by atoms with Gasteiger partial charge in [0.2, 0.25) is 0 Å². The van der Waals surface area contributed by atoms with Crippen LogP contribution in [0.25, 0.3) is 0 Å². The molecule has 0 unspecified atom stereocenters. The molecule has 3 nitrogen and oxygen atoms in total. The van der Waals surface area contributed by atoms with Crippen LogP contribution < -0.4 is 10.6 Å². The molecule has 1 amide bonds. The van der Waals surface area contributed by atoms with Gasteiger partial charge in [-0.15, -0.1) is 11.3 Å². The fourth-order valence-corrected chi connectivity index (χ4v) is 2.10. The molecule has 0 saturated heterocycles. The van der Waals surface area contributed by atoms with Crippen molar-refractivity contribution in [1.82, 2.24) is 5.32 Å². The molecule has 2 N–H and O–H groups in total. The molecule has 6 heteroatoms. The molecule has 2 rings (SSSR count). The van der Waals surface area contributed by atoms with Crippen molar-refractivity contribution in [3.05, 3.63) is 52.5 Å². The summed E-state index contributed by atoms with van der Waals surface area (Å²) in [5, 5.41) is 7.33. The molecular weight excluding hydrogens is 271 g/mol. The number of thiocarbonyl (C=S) groups is 1. The van der Waals surface area contributed by atoms with Gasteiger partial charge >= 0.3 is 0 Å². The van der Waals surface area contributed by atoms with Crippen molar-refractivity contribution >= 4 is 40.3 Å². The first-order valence-electron chi connectivity index (χ1n) is 5.06. The van der Waals surface area contributed by atoms with Gasteiger partial charge in [0.1, 0.15) is 5.82 Å². The average molecular weight is 280 g/mol. The summed E-state index contributed by atoms with van der Waals surface area (Å²) in [7, 11) is 0. The van der Waals surface area contributed by atoms with Gasteiger partial charge in [-0.25, -0.2) is 4.39 Å². The monoisotopic (exact) mass is 280 g/mol. The second-order valence-electron chi connectivity index (χ2n) is 3.39. The van der Waals surface area contributed by atoms with Gasteiger partial charge < -0.3 is 5.32 Å². The van der Waals surface area contributed by atoms with E-state index >= 15 is 0 Å². The SMILES string of the molecule is O=C(NC(=S)Nc1ccc(F)cc1)c1cccs1. The van der Waals surface area contributed by atoms with Gasteiger partial charge in [-0.1, -0.05) is 6.07 Å². The zero-order valence-electron chi connectivity index (χ0n) is 9.14. The van der Waals surface area contributed by atoms with Gasteiger partial charge in [0.15, 0.2) is 5.11 Å². The molecule has 1 heterocycles. The minimum Gasteiger partial charge on any atom is -0.332 e. The molecule has 18 heavy (non-hydrogen) atoms. The van der Waals surface area contributed by atoms with Crippen molar-refractivity contribution in [3.63, 3.8) is 0 Å². The van der Waals surface area contributed by atoms with Crippen molar-refractivity contribution in [2.75, 3.05) is 5.32 Å². The molecule has 0 saturated carbocycles. The highest BCUT2D eigenvalue weighted by molar-refractivity contribution is 7.80. The summed E-state index contributed by atoms with van der Waals surface area (Å²) in [5.74, 6) is -0.585. The third-order valence-electron chi connectivity index (χ3n) is 2.07. The zero-order valence-corrected chi connectivity index (χ0v) is 10.8. The largest absolute Gasteiger partial charge is 0.332 e. The van der Waals surface area contributed by atoms with E-state index in [1.54, 1.807) is 24.3 Å². The fourth-order valence-electron chi connectivity index (χ4n) is 1.27. The Balaban J connectivity index is 1.93. The lowest BCUT2D eigenvalue weighted by Crippen LogP contribution is -2.33. The standard InChI is InChI=1S/C12H9FN2OS2/c13-8-3-5-9(6-4-8)14-12(17)15-11(16)10-2-1-7-18-10/h1-7H,(H2,14,15,16,17). The Morgan fingerprint density at radius 1 is 1.22 bits per heavy atom. The van der Waals surface area contributed by atoms with Crippen LogP contribution in [0.2, 0.25) is 0 Å². The number of anilines is 1. The molecule has 1 aromatic carbocycles. The van der Waals surface area contributed by atoms with Gasteiger partial charge in [-0.2, -0.15) is 0 Å². The van der Waals surface area contributed by atoms with E-state index in [2.05, 4.69) is 10.6 Å². The summed E-state index contributed by atoms with van der Waals surface area (Å²) >= 11 is 6.32. The van der Waals surface area contributed by atoms with Crippen molar-refractivity contribution < 1.29 is 9.18 Å². The summed E-state index contributed by atoms with van der Waals surface area (Å²) in [4.78, 5) is 12.3. The molecule has 0 atom stereocenters. The number of hydrogen-bond donors (Lipinski definition) is 2. The first-order valence-corrected chi connectivity index (χ1v) is 6.35. The predicted molar refractivity (Wildman–Crippen MR) is 74.4 cm³/mol. The second-order valence-corrected chi connectivity index (χ2v) is 4.75. The minimum absolute atomic E-state index is 0.181. The van der Waals surface area contributed by atoms with Gasteiger partial charge in [0.05, 0.1) is 4.88 Å². The first kappa shape index (κ1) is 12.7. The highest BCUT2D eigenvalue weighted by Crippen LogP contribution is 2.09. The second kappa shape index (κ2) is 5.70. The summed E-state index contributed by atoms with van der Waals surface area (Å²) in [6.45, 7) is 0. The van der Waals surface area contributed by atoms with Crippen molar-refractivity contribution in [2.24, 2.45) is 0 Å². The summed E-state index contributed by atoms with van der Waals surface area (Å²) < 4.78 is 12.7. The number of amides is 1. The molecule has 92 valence electrons. The molecule has 1 aromatic heterocycles. The maximum absolute atomic E-state index is 12.7. The highest BCUT2D eigenvalue weighted by Gasteiger charge is 2.08. The first-order chi connectivity index (χ1) is 8.65.